The maximum atomic E-state index is 13.1. The number of carbonyl (C=O) groups is 2. The van der Waals surface area contributed by atoms with Crippen molar-refractivity contribution in [2.24, 2.45) is 0 Å². The minimum Gasteiger partial charge on any atom is -0.449 e. The molecular formula is C32H27ClN4O3. The number of hydrogen-bond donors (Lipinski definition) is 1. The first-order chi connectivity index (χ1) is 19.3. The number of aryl methyl sites for hydroxylation is 2. The van der Waals surface area contributed by atoms with Gasteiger partial charge in [0.2, 0.25) is 0 Å². The Bertz CT molecular complexity index is 1690. The Morgan fingerprint density at radius 1 is 0.825 bits per heavy atom. The van der Waals surface area contributed by atoms with E-state index in [2.05, 4.69) is 10.3 Å². The zero-order valence-corrected chi connectivity index (χ0v) is 23.1. The van der Waals surface area contributed by atoms with Crippen LogP contribution in [0.25, 0.3) is 33.5 Å². The SMILES string of the molecule is CCC(OC(=O)c1ccc2nc(-c3ccc(C)cc3)c(-c3ccc(C)cc3)nc2c1)C(=O)Nc1ccc(Cl)cn1. The van der Waals surface area contributed by atoms with Gasteiger partial charge in [0, 0.05) is 17.3 Å². The molecule has 1 amide bonds. The predicted octanol–water partition coefficient (Wildman–Crippen LogP) is 7.20. The molecule has 0 aliphatic rings. The van der Waals surface area contributed by atoms with Crippen LogP contribution in [-0.4, -0.2) is 32.9 Å². The molecule has 8 heteroatoms. The Balaban J connectivity index is 1.46. The van der Waals surface area contributed by atoms with Gasteiger partial charge in [-0.2, -0.15) is 0 Å². The molecule has 5 aromatic rings. The highest BCUT2D eigenvalue weighted by Crippen LogP contribution is 2.32. The van der Waals surface area contributed by atoms with Crippen molar-refractivity contribution in [3.63, 3.8) is 0 Å². The third kappa shape index (κ3) is 6.00. The molecule has 0 aliphatic heterocycles. The molecule has 7 nitrogen and oxygen atoms in total. The highest BCUT2D eigenvalue weighted by molar-refractivity contribution is 6.30. The van der Waals surface area contributed by atoms with Gasteiger partial charge >= 0.3 is 5.97 Å². The van der Waals surface area contributed by atoms with Gasteiger partial charge in [-0.25, -0.2) is 19.7 Å². The summed E-state index contributed by atoms with van der Waals surface area (Å²) in [6.45, 7) is 5.84. The van der Waals surface area contributed by atoms with Crippen LogP contribution in [-0.2, 0) is 9.53 Å². The van der Waals surface area contributed by atoms with Crippen LogP contribution in [0, 0.1) is 13.8 Å². The number of nitrogens with one attached hydrogen (secondary N) is 1. The summed E-state index contributed by atoms with van der Waals surface area (Å²) < 4.78 is 5.57. The van der Waals surface area contributed by atoms with Gasteiger partial charge in [-0.1, -0.05) is 78.2 Å². The second-order valence-corrected chi connectivity index (χ2v) is 9.95. The Morgan fingerprint density at radius 2 is 1.43 bits per heavy atom. The maximum absolute atomic E-state index is 13.1. The summed E-state index contributed by atoms with van der Waals surface area (Å²) in [6.07, 6.45) is 0.713. The monoisotopic (exact) mass is 550 g/mol. The van der Waals surface area contributed by atoms with Gasteiger partial charge in [-0.3, -0.25) is 4.79 Å². The van der Waals surface area contributed by atoms with Crippen LogP contribution in [0.1, 0.15) is 34.8 Å². The summed E-state index contributed by atoms with van der Waals surface area (Å²) in [5, 5.41) is 3.10. The predicted molar refractivity (Wildman–Crippen MR) is 157 cm³/mol. The van der Waals surface area contributed by atoms with Gasteiger partial charge in [0.1, 0.15) is 5.82 Å². The van der Waals surface area contributed by atoms with Crippen LogP contribution < -0.4 is 5.32 Å². The normalized spacial score (nSPS) is 11.7. The number of ether oxygens (including phenoxy) is 1. The van der Waals surface area contributed by atoms with Gasteiger partial charge in [0.25, 0.3) is 5.91 Å². The lowest BCUT2D eigenvalue weighted by atomic mass is 10.0. The van der Waals surface area contributed by atoms with Crippen LogP contribution in [0.3, 0.4) is 0 Å². The summed E-state index contributed by atoms with van der Waals surface area (Å²) in [5.74, 6) is -0.789. The molecule has 0 radical (unpaired) electrons. The molecule has 0 aliphatic carbocycles. The van der Waals surface area contributed by atoms with Crippen molar-refractivity contribution in [2.75, 3.05) is 5.32 Å². The number of hydrogen-bond acceptors (Lipinski definition) is 6. The van der Waals surface area contributed by atoms with Crippen LogP contribution in [0.2, 0.25) is 5.02 Å². The zero-order chi connectivity index (χ0) is 28.2. The lowest BCUT2D eigenvalue weighted by Crippen LogP contribution is -2.32. The van der Waals surface area contributed by atoms with Gasteiger partial charge in [-0.15, -0.1) is 0 Å². The van der Waals surface area contributed by atoms with Gasteiger partial charge in [0.05, 0.1) is 33.0 Å². The quantitative estimate of drug-likeness (QED) is 0.215. The molecule has 1 atom stereocenters. The fourth-order valence-electron chi connectivity index (χ4n) is 4.18. The van der Waals surface area contributed by atoms with E-state index in [9.17, 15) is 9.59 Å². The van der Waals surface area contributed by atoms with E-state index in [0.29, 0.717) is 27.6 Å². The topological polar surface area (TPSA) is 94.1 Å². The van der Waals surface area contributed by atoms with Gasteiger partial charge in [0.15, 0.2) is 6.10 Å². The molecule has 200 valence electrons. The molecule has 0 fully saturated rings. The first-order valence-electron chi connectivity index (χ1n) is 12.9. The van der Waals surface area contributed by atoms with Crippen LogP contribution in [0.15, 0.2) is 85.1 Å². The molecular weight excluding hydrogens is 524 g/mol. The number of aromatic nitrogens is 3. The molecule has 0 bridgehead atoms. The molecule has 1 unspecified atom stereocenters. The van der Waals surface area contributed by atoms with E-state index in [-0.39, 0.29) is 12.0 Å². The molecule has 40 heavy (non-hydrogen) atoms. The number of halogens is 1. The minimum absolute atomic E-state index is 0.274. The number of amides is 1. The Kier molecular flexibility index (Phi) is 7.84. The highest BCUT2D eigenvalue weighted by Gasteiger charge is 2.23. The second kappa shape index (κ2) is 11.6. The van der Waals surface area contributed by atoms with E-state index < -0.39 is 18.0 Å². The smallest absolute Gasteiger partial charge is 0.338 e. The van der Waals surface area contributed by atoms with Crippen molar-refractivity contribution in [3.8, 4) is 22.5 Å². The number of anilines is 1. The summed E-state index contributed by atoms with van der Waals surface area (Å²) >= 11 is 5.86. The molecule has 0 spiro atoms. The summed E-state index contributed by atoms with van der Waals surface area (Å²) in [6, 6.07) is 24.5. The van der Waals surface area contributed by atoms with Crippen molar-refractivity contribution < 1.29 is 14.3 Å². The van der Waals surface area contributed by atoms with E-state index in [1.165, 1.54) is 6.20 Å². The lowest BCUT2D eigenvalue weighted by Gasteiger charge is -2.16. The first kappa shape index (κ1) is 27.0. The standard InChI is InChI=1S/C32H27ClN4O3/c1-4-27(31(38)37-28-16-14-24(33)18-34-28)40-32(39)23-13-15-25-26(17-23)36-30(22-11-7-20(3)8-12-22)29(35-25)21-9-5-19(2)6-10-21/h5-18,27H,4H2,1-3H3,(H,34,37,38). The van der Waals surface area contributed by atoms with Crippen molar-refractivity contribution in [1.82, 2.24) is 15.0 Å². The van der Waals surface area contributed by atoms with E-state index in [1.807, 2.05) is 62.4 Å². The number of carbonyl (C=O) groups excluding carboxylic acids is 2. The summed E-state index contributed by atoms with van der Waals surface area (Å²) in [7, 11) is 0. The second-order valence-electron chi connectivity index (χ2n) is 9.51. The molecule has 3 aromatic carbocycles. The number of benzene rings is 3. The molecule has 0 saturated carbocycles. The van der Waals surface area contributed by atoms with E-state index in [0.717, 1.165) is 27.9 Å². The number of rotatable bonds is 7. The Morgan fingerprint density at radius 3 is 1.98 bits per heavy atom. The highest BCUT2D eigenvalue weighted by atomic mass is 35.5. The van der Waals surface area contributed by atoms with Crippen LogP contribution >= 0.6 is 11.6 Å². The Labute approximate surface area is 237 Å². The average molecular weight is 551 g/mol. The fourth-order valence-corrected chi connectivity index (χ4v) is 4.29. The number of pyridine rings is 1. The van der Waals surface area contributed by atoms with Crippen LogP contribution in [0.4, 0.5) is 5.82 Å². The minimum atomic E-state index is -1.00. The lowest BCUT2D eigenvalue weighted by molar-refractivity contribution is -0.124. The fraction of sp³-hybridized carbons (Fsp3) is 0.156. The third-order valence-electron chi connectivity index (χ3n) is 6.44. The molecule has 1 N–H and O–H groups in total. The maximum Gasteiger partial charge on any atom is 0.338 e. The van der Waals surface area contributed by atoms with E-state index in [4.69, 9.17) is 26.3 Å². The van der Waals surface area contributed by atoms with Crippen molar-refractivity contribution >= 4 is 40.3 Å². The largest absolute Gasteiger partial charge is 0.449 e. The summed E-state index contributed by atoms with van der Waals surface area (Å²) in [5.41, 5.74) is 7.09. The number of fused-ring (bicyclic) bond motifs is 1. The van der Waals surface area contributed by atoms with Crippen molar-refractivity contribution in [3.05, 3.63) is 107 Å². The molecule has 5 rings (SSSR count). The first-order valence-corrected chi connectivity index (χ1v) is 13.3. The zero-order valence-electron chi connectivity index (χ0n) is 22.3. The summed E-state index contributed by atoms with van der Waals surface area (Å²) in [4.78, 5) is 39.8. The van der Waals surface area contributed by atoms with E-state index >= 15 is 0 Å². The van der Waals surface area contributed by atoms with Gasteiger partial charge < -0.3 is 10.1 Å². The van der Waals surface area contributed by atoms with E-state index in [1.54, 1.807) is 37.3 Å². The molecule has 2 heterocycles. The number of nitrogens with zero attached hydrogens (tertiary/aromatic N) is 3. The average Bonchev–Trinajstić information content (AvgIpc) is 2.96. The van der Waals surface area contributed by atoms with Crippen molar-refractivity contribution in [1.29, 1.82) is 0 Å². The van der Waals surface area contributed by atoms with Gasteiger partial charge in [-0.05, 0) is 50.6 Å². The number of esters is 1. The van der Waals surface area contributed by atoms with Crippen molar-refractivity contribution in [2.45, 2.75) is 33.3 Å². The third-order valence-corrected chi connectivity index (χ3v) is 6.66. The van der Waals surface area contributed by atoms with Crippen LogP contribution in [0.5, 0.6) is 0 Å². The molecule has 0 saturated heterocycles. The Hall–Kier alpha value is -4.62. The molecule has 2 aromatic heterocycles.